The number of hydrogen-bond donors (Lipinski definition) is 0. The summed E-state index contributed by atoms with van der Waals surface area (Å²) in [6.45, 7) is 4.70. The van der Waals surface area contributed by atoms with Crippen LogP contribution >= 0.6 is 23.1 Å². The van der Waals surface area contributed by atoms with Crippen molar-refractivity contribution in [3.05, 3.63) is 57.3 Å². The van der Waals surface area contributed by atoms with Crippen LogP contribution in [-0.4, -0.2) is 25.0 Å². The third kappa shape index (κ3) is 2.18. The van der Waals surface area contributed by atoms with Crippen LogP contribution in [0.5, 0.6) is 0 Å². The minimum absolute atomic E-state index is 0.349. The van der Waals surface area contributed by atoms with Crippen LogP contribution in [-0.2, 0) is 4.75 Å². The summed E-state index contributed by atoms with van der Waals surface area (Å²) in [7, 11) is 2.25. The quantitative estimate of drug-likeness (QED) is 0.742. The molecular weight excluding hydrogens is 294 g/mol. The molecule has 3 heterocycles. The fraction of sp³-hybridized carbons (Fsp3) is 0.444. The highest BCUT2D eigenvalue weighted by Crippen LogP contribution is 2.61. The first-order valence-corrected chi connectivity index (χ1v) is 9.45. The number of nitrogens with zero attached hydrogens (tertiary/aromatic N) is 1. The second-order valence-electron chi connectivity index (χ2n) is 6.31. The topological polar surface area (TPSA) is 3.24 Å². The van der Waals surface area contributed by atoms with E-state index in [4.69, 9.17) is 0 Å². The molecule has 1 spiro atoms. The summed E-state index contributed by atoms with van der Waals surface area (Å²) in [6, 6.07) is 11.5. The Kier molecular flexibility index (Phi) is 3.40. The molecular formula is C18H21NS2. The van der Waals surface area contributed by atoms with Gasteiger partial charge < -0.3 is 4.90 Å². The molecule has 1 saturated heterocycles. The first-order chi connectivity index (χ1) is 10.2. The fourth-order valence-corrected chi connectivity index (χ4v) is 6.47. The summed E-state index contributed by atoms with van der Waals surface area (Å²) in [6.07, 6.45) is 2.57. The Hall–Kier alpha value is -0.770. The predicted octanol–water partition coefficient (Wildman–Crippen LogP) is 4.81. The molecule has 1 nitrogen and oxygen atoms in total. The number of likely N-dealkylation sites (tertiary alicyclic amines) is 1. The number of hydrogen-bond acceptors (Lipinski definition) is 3. The molecule has 0 radical (unpaired) electrons. The molecule has 2 aliphatic rings. The molecule has 3 heteroatoms. The van der Waals surface area contributed by atoms with E-state index in [9.17, 15) is 0 Å². The van der Waals surface area contributed by atoms with Gasteiger partial charge in [0.15, 0.2) is 0 Å². The molecule has 1 unspecified atom stereocenters. The maximum Gasteiger partial charge on any atom is 0.0569 e. The van der Waals surface area contributed by atoms with Gasteiger partial charge in [0.1, 0.15) is 0 Å². The Morgan fingerprint density at radius 1 is 1.10 bits per heavy atom. The summed E-state index contributed by atoms with van der Waals surface area (Å²) in [5, 5.41) is 2.78. The van der Waals surface area contributed by atoms with E-state index < -0.39 is 0 Å². The van der Waals surface area contributed by atoms with Gasteiger partial charge in [-0.3, -0.25) is 0 Å². The summed E-state index contributed by atoms with van der Waals surface area (Å²) in [5.74, 6) is 0. The van der Waals surface area contributed by atoms with Crippen molar-refractivity contribution in [1.29, 1.82) is 0 Å². The summed E-state index contributed by atoms with van der Waals surface area (Å²) in [4.78, 5) is 3.95. The van der Waals surface area contributed by atoms with E-state index >= 15 is 0 Å². The molecule has 0 amide bonds. The second kappa shape index (κ2) is 5.15. The molecule has 1 fully saturated rings. The van der Waals surface area contributed by atoms with Crippen LogP contribution in [0.4, 0.5) is 0 Å². The van der Waals surface area contributed by atoms with Gasteiger partial charge in [-0.1, -0.05) is 24.3 Å². The molecule has 1 aromatic carbocycles. The van der Waals surface area contributed by atoms with Crippen LogP contribution in [0.1, 0.15) is 39.7 Å². The van der Waals surface area contributed by atoms with E-state index in [-0.39, 0.29) is 0 Å². The molecule has 0 N–H and O–H groups in total. The van der Waals surface area contributed by atoms with Crippen LogP contribution < -0.4 is 0 Å². The number of piperidine rings is 1. The third-order valence-electron chi connectivity index (χ3n) is 5.05. The van der Waals surface area contributed by atoms with Crippen molar-refractivity contribution in [2.75, 3.05) is 20.1 Å². The Balaban J connectivity index is 1.79. The van der Waals surface area contributed by atoms with Gasteiger partial charge in [0.2, 0.25) is 0 Å². The van der Waals surface area contributed by atoms with Crippen molar-refractivity contribution in [3.8, 4) is 0 Å². The van der Waals surface area contributed by atoms with E-state index in [1.54, 1.807) is 11.1 Å². The van der Waals surface area contributed by atoms with Crippen LogP contribution in [0.3, 0.4) is 0 Å². The average Bonchev–Trinajstić information content (AvgIpc) is 3.05. The molecule has 1 atom stereocenters. The van der Waals surface area contributed by atoms with Gasteiger partial charge in [-0.05, 0) is 68.0 Å². The number of thioether (sulfide) groups is 1. The third-order valence-corrected chi connectivity index (χ3v) is 7.74. The maximum atomic E-state index is 2.47. The summed E-state index contributed by atoms with van der Waals surface area (Å²) in [5.41, 5.74) is 4.71. The largest absolute Gasteiger partial charge is 0.306 e. The highest BCUT2D eigenvalue weighted by Gasteiger charge is 2.46. The van der Waals surface area contributed by atoms with Crippen LogP contribution in [0.15, 0.2) is 35.7 Å². The molecule has 110 valence electrons. The number of rotatable bonds is 1. The van der Waals surface area contributed by atoms with Crippen molar-refractivity contribution < 1.29 is 0 Å². The lowest BCUT2D eigenvalue weighted by Crippen LogP contribution is -2.37. The van der Waals surface area contributed by atoms with Crippen molar-refractivity contribution in [2.45, 2.75) is 29.8 Å². The Bertz CT molecular complexity index is 653. The SMILES string of the molecule is Cc1sccc1C1SC2(CCN(C)CC2)c2ccccc21. The Labute approximate surface area is 135 Å². The van der Waals surface area contributed by atoms with Gasteiger partial charge in [-0.2, -0.15) is 0 Å². The zero-order valence-electron chi connectivity index (χ0n) is 12.6. The number of fused-ring (bicyclic) bond motifs is 2. The van der Waals surface area contributed by atoms with Crippen molar-refractivity contribution in [2.24, 2.45) is 0 Å². The van der Waals surface area contributed by atoms with Gasteiger partial charge >= 0.3 is 0 Å². The molecule has 4 rings (SSSR count). The van der Waals surface area contributed by atoms with Crippen LogP contribution in [0, 0.1) is 6.92 Å². The lowest BCUT2D eigenvalue weighted by Gasteiger charge is -2.38. The molecule has 2 aromatic rings. The molecule has 0 saturated carbocycles. The van der Waals surface area contributed by atoms with Gasteiger partial charge in [-0.15, -0.1) is 23.1 Å². The second-order valence-corrected chi connectivity index (χ2v) is 8.92. The molecule has 1 aromatic heterocycles. The van der Waals surface area contributed by atoms with Gasteiger partial charge in [0.05, 0.1) is 5.25 Å². The van der Waals surface area contributed by atoms with E-state index in [0.29, 0.717) is 10.00 Å². The molecule has 21 heavy (non-hydrogen) atoms. The van der Waals surface area contributed by atoms with Gasteiger partial charge in [0, 0.05) is 9.62 Å². The lowest BCUT2D eigenvalue weighted by molar-refractivity contribution is 0.241. The van der Waals surface area contributed by atoms with E-state index in [0.717, 1.165) is 0 Å². The first-order valence-electron chi connectivity index (χ1n) is 7.69. The minimum atomic E-state index is 0.349. The highest BCUT2D eigenvalue weighted by molar-refractivity contribution is 8.01. The highest BCUT2D eigenvalue weighted by atomic mass is 32.2. The fourth-order valence-electron chi connectivity index (χ4n) is 3.76. The van der Waals surface area contributed by atoms with Crippen molar-refractivity contribution >= 4 is 23.1 Å². The molecule has 2 aliphatic heterocycles. The Morgan fingerprint density at radius 2 is 1.86 bits per heavy atom. The zero-order valence-corrected chi connectivity index (χ0v) is 14.3. The monoisotopic (exact) mass is 315 g/mol. The normalized spacial score (nSPS) is 24.4. The van der Waals surface area contributed by atoms with Gasteiger partial charge in [0.25, 0.3) is 0 Å². The number of thiophene rings is 1. The van der Waals surface area contributed by atoms with Crippen molar-refractivity contribution in [1.82, 2.24) is 4.90 Å². The van der Waals surface area contributed by atoms with E-state index in [1.807, 2.05) is 11.3 Å². The number of benzene rings is 1. The lowest BCUT2D eigenvalue weighted by atomic mass is 9.84. The van der Waals surface area contributed by atoms with E-state index in [1.165, 1.54) is 36.4 Å². The average molecular weight is 316 g/mol. The number of aryl methyl sites for hydroxylation is 1. The maximum absolute atomic E-state index is 2.47. The molecule has 0 aliphatic carbocycles. The predicted molar refractivity (Wildman–Crippen MR) is 93.3 cm³/mol. The van der Waals surface area contributed by atoms with Crippen molar-refractivity contribution in [3.63, 3.8) is 0 Å². The van der Waals surface area contributed by atoms with Crippen LogP contribution in [0.25, 0.3) is 0 Å². The van der Waals surface area contributed by atoms with Gasteiger partial charge in [-0.25, -0.2) is 0 Å². The van der Waals surface area contributed by atoms with Crippen LogP contribution in [0.2, 0.25) is 0 Å². The minimum Gasteiger partial charge on any atom is -0.306 e. The smallest absolute Gasteiger partial charge is 0.0569 e. The summed E-state index contributed by atoms with van der Waals surface area (Å²) >= 11 is 4.10. The standard InChI is InChI=1S/C18H21NS2/c1-13-14(7-12-20-13)17-15-5-3-4-6-16(15)18(21-17)8-10-19(2)11-9-18/h3-7,12,17H,8-11H2,1-2H3. The molecule has 0 bridgehead atoms. The summed E-state index contributed by atoms with van der Waals surface area (Å²) < 4.78 is 0.349. The zero-order chi connectivity index (χ0) is 14.4. The Morgan fingerprint density at radius 3 is 2.57 bits per heavy atom. The van der Waals surface area contributed by atoms with E-state index in [2.05, 4.69) is 66.3 Å². The first kappa shape index (κ1) is 13.9.